The summed E-state index contributed by atoms with van der Waals surface area (Å²) in [6, 6.07) is -1.21. The van der Waals surface area contributed by atoms with Crippen LogP contribution in [0.25, 0.3) is 0 Å². The fraction of sp³-hybridized carbons (Fsp3) is 0.818. The number of rotatable bonds is 5. The third kappa shape index (κ3) is 4.22. The molecule has 0 aromatic carbocycles. The Hall–Kier alpha value is -1.06. The van der Waals surface area contributed by atoms with Crippen molar-refractivity contribution in [1.82, 2.24) is 5.32 Å². The van der Waals surface area contributed by atoms with E-state index >= 15 is 0 Å². The zero-order chi connectivity index (χ0) is 14.6. The minimum absolute atomic E-state index is 0.0490. The Morgan fingerprint density at radius 2 is 1.79 bits per heavy atom. The molecule has 110 valence electrons. The van der Waals surface area contributed by atoms with Crippen LogP contribution < -0.4 is 5.32 Å². The lowest BCUT2D eigenvalue weighted by Crippen LogP contribution is -2.64. The van der Waals surface area contributed by atoms with Gasteiger partial charge in [0.2, 0.25) is 5.91 Å². The topological polar surface area (TPSA) is 136 Å². The molecule has 0 radical (unpaired) electrons. The van der Waals surface area contributed by atoms with E-state index in [2.05, 4.69) is 5.32 Å². The lowest BCUT2D eigenvalue weighted by molar-refractivity contribution is -0.253. The van der Waals surface area contributed by atoms with Crippen LogP contribution in [0.3, 0.4) is 0 Å². The van der Waals surface area contributed by atoms with Crippen molar-refractivity contribution < 1.29 is 34.8 Å². The SMILES string of the molecule is CC(=O)CCC(=O)N[C@@H]1[C@@H](O)[C@@H](O)C(CO)O[C@@H]1O. The highest BCUT2D eigenvalue weighted by molar-refractivity contribution is 5.83. The summed E-state index contributed by atoms with van der Waals surface area (Å²) in [5.74, 6) is -0.701. The number of amides is 1. The van der Waals surface area contributed by atoms with Crippen LogP contribution in [0.15, 0.2) is 0 Å². The van der Waals surface area contributed by atoms with E-state index in [1.807, 2.05) is 0 Å². The Morgan fingerprint density at radius 1 is 1.16 bits per heavy atom. The van der Waals surface area contributed by atoms with E-state index in [-0.39, 0.29) is 18.6 Å². The Kier molecular flexibility index (Phi) is 5.83. The lowest BCUT2D eigenvalue weighted by atomic mass is 9.97. The van der Waals surface area contributed by atoms with E-state index in [0.29, 0.717) is 0 Å². The Morgan fingerprint density at radius 3 is 2.32 bits per heavy atom. The minimum Gasteiger partial charge on any atom is -0.394 e. The van der Waals surface area contributed by atoms with Gasteiger partial charge in [-0.15, -0.1) is 0 Å². The molecule has 0 spiro atoms. The molecule has 19 heavy (non-hydrogen) atoms. The molecule has 1 saturated heterocycles. The van der Waals surface area contributed by atoms with Crippen LogP contribution >= 0.6 is 0 Å². The second kappa shape index (κ2) is 6.92. The van der Waals surface area contributed by atoms with Gasteiger partial charge in [-0.2, -0.15) is 0 Å². The van der Waals surface area contributed by atoms with Crippen molar-refractivity contribution in [2.75, 3.05) is 6.61 Å². The van der Waals surface area contributed by atoms with Gasteiger partial charge < -0.3 is 35.3 Å². The van der Waals surface area contributed by atoms with E-state index in [0.717, 1.165) is 0 Å². The monoisotopic (exact) mass is 277 g/mol. The van der Waals surface area contributed by atoms with E-state index in [1.165, 1.54) is 6.92 Å². The highest BCUT2D eigenvalue weighted by Crippen LogP contribution is 2.19. The first-order valence-electron chi connectivity index (χ1n) is 5.96. The fourth-order valence-corrected chi connectivity index (χ4v) is 1.80. The molecule has 0 saturated carbocycles. The first-order chi connectivity index (χ1) is 8.86. The number of carbonyl (C=O) groups excluding carboxylic acids is 2. The number of ether oxygens (including phenoxy) is 1. The maximum absolute atomic E-state index is 11.5. The molecule has 1 unspecified atom stereocenters. The molecule has 1 aliphatic rings. The average molecular weight is 277 g/mol. The zero-order valence-electron chi connectivity index (χ0n) is 10.5. The number of aliphatic hydroxyl groups is 4. The first-order valence-corrected chi connectivity index (χ1v) is 5.96. The molecule has 5 N–H and O–H groups in total. The molecule has 8 heteroatoms. The van der Waals surface area contributed by atoms with Gasteiger partial charge in [0.05, 0.1) is 6.61 Å². The van der Waals surface area contributed by atoms with E-state index in [1.54, 1.807) is 0 Å². The standard InChI is InChI=1S/C11H19NO7/c1-5(14)2-3-7(15)12-8-10(17)9(16)6(4-13)19-11(8)18/h6,8-11,13,16-18H,2-4H2,1H3,(H,12,15)/t6?,8-,9+,10-,11+/m1/s1. The van der Waals surface area contributed by atoms with Crippen molar-refractivity contribution in [3.8, 4) is 0 Å². The van der Waals surface area contributed by atoms with E-state index in [4.69, 9.17) is 9.84 Å². The van der Waals surface area contributed by atoms with Gasteiger partial charge in [-0.3, -0.25) is 4.79 Å². The van der Waals surface area contributed by atoms with Crippen molar-refractivity contribution in [2.45, 2.75) is 50.4 Å². The van der Waals surface area contributed by atoms with Crippen LogP contribution in [-0.4, -0.2) is 69.4 Å². The molecular formula is C11H19NO7. The summed E-state index contributed by atoms with van der Waals surface area (Å²) in [6.45, 7) is 0.774. The zero-order valence-corrected chi connectivity index (χ0v) is 10.5. The summed E-state index contributed by atoms with van der Waals surface area (Å²) in [5.41, 5.74) is 0. The van der Waals surface area contributed by atoms with Crippen molar-refractivity contribution in [3.05, 3.63) is 0 Å². The lowest BCUT2D eigenvalue weighted by Gasteiger charge is -2.40. The Bertz CT molecular complexity index is 335. The normalized spacial score (nSPS) is 34.9. The number of carbonyl (C=O) groups is 2. The smallest absolute Gasteiger partial charge is 0.220 e. The number of nitrogens with one attached hydrogen (secondary N) is 1. The molecule has 5 atom stereocenters. The maximum Gasteiger partial charge on any atom is 0.220 e. The maximum atomic E-state index is 11.5. The van der Waals surface area contributed by atoms with Crippen LogP contribution in [0, 0.1) is 0 Å². The summed E-state index contributed by atoms with van der Waals surface area (Å²) >= 11 is 0. The molecule has 1 aliphatic heterocycles. The van der Waals surface area contributed by atoms with Gasteiger partial charge in [-0.25, -0.2) is 0 Å². The second-order valence-electron chi connectivity index (χ2n) is 4.52. The summed E-state index contributed by atoms with van der Waals surface area (Å²) in [6.07, 6.45) is -5.58. The van der Waals surface area contributed by atoms with Crippen molar-refractivity contribution >= 4 is 11.7 Å². The molecule has 1 amide bonds. The minimum atomic E-state index is -1.54. The van der Waals surface area contributed by atoms with Crippen LogP contribution in [-0.2, 0) is 14.3 Å². The summed E-state index contributed by atoms with van der Waals surface area (Å²) in [5, 5.41) is 40.1. The van der Waals surface area contributed by atoms with E-state index in [9.17, 15) is 24.9 Å². The predicted molar refractivity (Wildman–Crippen MR) is 61.8 cm³/mol. The van der Waals surface area contributed by atoms with Gasteiger partial charge >= 0.3 is 0 Å². The van der Waals surface area contributed by atoms with Crippen LogP contribution in [0.2, 0.25) is 0 Å². The molecule has 1 rings (SSSR count). The van der Waals surface area contributed by atoms with Gasteiger partial charge in [-0.05, 0) is 6.92 Å². The van der Waals surface area contributed by atoms with Gasteiger partial charge in [-0.1, -0.05) is 0 Å². The highest BCUT2D eigenvalue weighted by atomic mass is 16.6. The van der Waals surface area contributed by atoms with E-state index < -0.39 is 43.2 Å². The van der Waals surface area contributed by atoms with Crippen molar-refractivity contribution in [1.29, 1.82) is 0 Å². The quantitative estimate of drug-likeness (QED) is 0.368. The van der Waals surface area contributed by atoms with Crippen LogP contribution in [0.5, 0.6) is 0 Å². The van der Waals surface area contributed by atoms with Gasteiger partial charge in [0.1, 0.15) is 30.1 Å². The number of hydrogen-bond donors (Lipinski definition) is 5. The summed E-state index contributed by atoms with van der Waals surface area (Å²) in [7, 11) is 0. The molecule has 0 aromatic rings. The molecule has 0 bridgehead atoms. The van der Waals surface area contributed by atoms with Crippen LogP contribution in [0.4, 0.5) is 0 Å². The van der Waals surface area contributed by atoms with Crippen molar-refractivity contribution in [3.63, 3.8) is 0 Å². The number of hydrogen-bond acceptors (Lipinski definition) is 7. The number of aliphatic hydroxyl groups excluding tert-OH is 4. The van der Waals surface area contributed by atoms with Gasteiger partial charge in [0.15, 0.2) is 6.29 Å². The average Bonchev–Trinajstić information content (AvgIpc) is 2.36. The summed E-state index contributed by atoms with van der Waals surface area (Å²) < 4.78 is 4.87. The fourth-order valence-electron chi connectivity index (χ4n) is 1.80. The second-order valence-corrected chi connectivity index (χ2v) is 4.52. The largest absolute Gasteiger partial charge is 0.394 e. The molecule has 0 aliphatic carbocycles. The molecular weight excluding hydrogens is 258 g/mol. The predicted octanol–water partition coefficient (Wildman–Crippen LogP) is -2.73. The van der Waals surface area contributed by atoms with Crippen LogP contribution in [0.1, 0.15) is 19.8 Å². The third-order valence-corrected chi connectivity index (χ3v) is 2.93. The number of ketones is 1. The third-order valence-electron chi connectivity index (χ3n) is 2.93. The number of Topliss-reactive ketones (excluding diaryl/α,β-unsaturated/α-hetero) is 1. The molecule has 8 nitrogen and oxygen atoms in total. The Balaban J connectivity index is 2.57. The highest BCUT2D eigenvalue weighted by Gasteiger charge is 2.44. The van der Waals surface area contributed by atoms with Crippen molar-refractivity contribution in [2.24, 2.45) is 0 Å². The van der Waals surface area contributed by atoms with Gasteiger partial charge in [0, 0.05) is 12.8 Å². The first kappa shape index (κ1) is 16.0. The summed E-state index contributed by atoms with van der Waals surface area (Å²) in [4.78, 5) is 22.2. The Labute approximate surface area is 110 Å². The molecule has 0 aromatic heterocycles. The van der Waals surface area contributed by atoms with Gasteiger partial charge in [0.25, 0.3) is 0 Å². The molecule has 1 fully saturated rings. The molecule has 1 heterocycles.